The van der Waals surface area contributed by atoms with Gasteiger partial charge in [0, 0.05) is 0 Å². The van der Waals surface area contributed by atoms with Crippen molar-refractivity contribution >= 4 is 5.91 Å². The molecule has 25 heavy (non-hydrogen) atoms. The summed E-state index contributed by atoms with van der Waals surface area (Å²) in [4.78, 5) is 12.2. The van der Waals surface area contributed by atoms with Gasteiger partial charge in [0.2, 0.25) is 0 Å². The maximum absolute atomic E-state index is 12.2. The fraction of sp³-hybridized carbons (Fsp3) is 0.409. The first-order valence-electron chi connectivity index (χ1n) is 9.14. The second-order valence-electron chi connectivity index (χ2n) is 7.08. The molecule has 0 heterocycles. The molecule has 0 radical (unpaired) electrons. The summed E-state index contributed by atoms with van der Waals surface area (Å²) in [5.74, 6) is 0.695. The number of carbonyl (C=O) groups is 1. The molecule has 1 N–H and O–H groups in total. The molecule has 0 saturated carbocycles. The van der Waals surface area contributed by atoms with Gasteiger partial charge in [0.15, 0.2) is 6.61 Å². The van der Waals surface area contributed by atoms with Crippen molar-refractivity contribution in [2.75, 3.05) is 6.61 Å². The van der Waals surface area contributed by atoms with Crippen molar-refractivity contribution < 1.29 is 9.53 Å². The van der Waals surface area contributed by atoms with Crippen LogP contribution >= 0.6 is 0 Å². The first-order chi connectivity index (χ1) is 12.0. The van der Waals surface area contributed by atoms with Gasteiger partial charge in [-0.25, -0.2) is 0 Å². The quantitative estimate of drug-likeness (QED) is 0.876. The number of carbonyl (C=O) groups excluding carboxylic acids is 1. The third-order valence-electron chi connectivity index (χ3n) is 4.96. The largest absolute Gasteiger partial charge is 0.484 e. The molecule has 0 fully saturated rings. The molecule has 132 valence electrons. The highest BCUT2D eigenvalue weighted by Gasteiger charge is 2.13. The van der Waals surface area contributed by atoms with Gasteiger partial charge in [-0.3, -0.25) is 4.79 Å². The van der Waals surface area contributed by atoms with Crippen LogP contribution in [0.25, 0.3) is 0 Å². The van der Waals surface area contributed by atoms with E-state index in [2.05, 4.69) is 49.5 Å². The molecule has 1 unspecified atom stereocenters. The Labute approximate surface area is 150 Å². The van der Waals surface area contributed by atoms with E-state index in [9.17, 15) is 4.79 Å². The molecule has 1 aliphatic carbocycles. The van der Waals surface area contributed by atoms with Gasteiger partial charge in [-0.2, -0.15) is 0 Å². The molecule has 3 rings (SSSR count). The highest BCUT2D eigenvalue weighted by Crippen LogP contribution is 2.25. The Morgan fingerprint density at radius 3 is 2.60 bits per heavy atom. The number of rotatable bonds is 5. The molecule has 2 aromatic carbocycles. The van der Waals surface area contributed by atoms with E-state index in [1.807, 2.05) is 13.0 Å². The standard InChI is InChI=1S/C22H27NO2/c1-15-8-11-21(16(2)12-15)17(3)23-22(24)14-25-20-10-9-18-6-4-5-7-19(18)13-20/h8-13,17H,4-7,14H2,1-3H3,(H,23,24). The summed E-state index contributed by atoms with van der Waals surface area (Å²) in [6.07, 6.45) is 4.78. The normalized spacial score (nSPS) is 14.5. The van der Waals surface area contributed by atoms with Crippen LogP contribution in [0.3, 0.4) is 0 Å². The summed E-state index contributed by atoms with van der Waals surface area (Å²) < 4.78 is 5.71. The third kappa shape index (κ3) is 4.41. The lowest BCUT2D eigenvalue weighted by Crippen LogP contribution is -2.31. The predicted octanol–water partition coefficient (Wildman–Crippen LogP) is 4.44. The average molecular weight is 337 g/mol. The molecule has 0 bridgehead atoms. The highest BCUT2D eigenvalue weighted by molar-refractivity contribution is 5.78. The van der Waals surface area contributed by atoms with Crippen LogP contribution in [-0.2, 0) is 17.6 Å². The van der Waals surface area contributed by atoms with Gasteiger partial charge in [-0.05, 0) is 80.8 Å². The van der Waals surface area contributed by atoms with Gasteiger partial charge >= 0.3 is 0 Å². The van der Waals surface area contributed by atoms with Crippen LogP contribution in [0.15, 0.2) is 36.4 Å². The lowest BCUT2D eigenvalue weighted by atomic mass is 9.92. The van der Waals surface area contributed by atoms with Gasteiger partial charge in [0.1, 0.15) is 5.75 Å². The van der Waals surface area contributed by atoms with Gasteiger partial charge in [-0.1, -0.05) is 29.8 Å². The summed E-state index contributed by atoms with van der Waals surface area (Å²) in [6.45, 7) is 6.21. The second-order valence-corrected chi connectivity index (χ2v) is 7.08. The molecule has 2 aromatic rings. The fourth-order valence-electron chi connectivity index (χ4n) is 3.62. The fourth-order valence-corrected chi connectivity index (χ4v) is 3.62. The summed E-state index contributed by atoms with van der Waals surface area (Å²) >= 11 is 0. The van der Waals surface area contributed by atoms with Crippen molar-refractivity contribution in [2.24, 2.45) is 0 Å². The highest BCUT2D eigenvalue weighted by atomic mass is 16.5. The second kappa shape index (κ2) is 7.73. The maximum atomic E-state index is 12.2. The molecule has 1 aliphatic rings. The summed E-state index contributed by atoms with van der Waals surface area (Å²) in [5, 5.41) is 3.03. The van der Waals surface area contributed by atoms with Crippen molar-refractivity contribution in [2.45, 2.75) is 52.5 Å². The number of benzene rings is 2. The van der Waals surface area contributed by atoms with Crippen LogP contribution in [0.4, 0.5) is 0 Å². The number of hydrogen-bond acceptors (Lipinski definition) is 2. The molecule has 0 aliphatic heterocycles. The van der Waals surface area contributed by atoms with Gasteiger partial charge in [0.25, 0.3) is 5.91 Å². The van der Waals surface area contributed by atoms with Crippen molar-refractivity contribution in [1.29, 1.82) is 0 Å². The SMILES string of the molecule is Cc1ccc(C(C)NC(=O)COc2ccc3c(c2)CCCC3)c(C)c1. The molecule has 0 saturated heterocycles. The first-order valence-corrected chi connectivity index (χ1v) is 9.14. The number of aryl methyl sites for hydroxylation is 4. The van der Waals surface area contributed by atoms with Crippen molar-refractivity contribution in [3.8, 4) is 5.75 Å². The number of ether oxygens (including phenoxy) is 1. The number of nitrogens with one attached hydrogen (secondary N) is 1. The average Bonchev–Trinajstić information content (AvgIpc) is 2.59. The lowest BCUT2D eigenvalue weighted by molar-refractivity contribution is -0.123. The van der Waals surface area contributed by atoms with E-state index in [-0.39, 0.29) is 18.6 Å². The Balaban J connectivity index is 1.55. The van der Waals surface area contributed by atoms with E-state index in [1.165, 1.54) is 35.1 Å². The number of amides is 1. The molecular formula is C22H27NO2. The van der Waals surface area contributed by atoms with Crippen LogP contribution in [0.1, 0.15) is 53.6 Å². The van der Waals surface area contributed by atoms with Crippen molar-refractivity contribution in [3.05, 3.63) is 64.2 Å². The molecule has 1 atom stereocenters. The molecule has 1 amide bonds. The van der Waals surface area contributed by atoms with E-state index < -0.39 is 0 Å². The predicted molar refractivity (Wildman–Crippen MR) is 101 cm³/mol. The van der Waals surface area contributed by atoms with Gasteiger partial charge in [-0.15, -0.1) is 0 Å². The number of hydrogen-bond donors (Lipinski definition) is 1. The van der Waals surface area contributed by atoms with Gasteiger partial charge < -0.3 is 10.1 Å². The zero-order chi connectivity index (χ0) is 17.8. The molecule has 3 heteroatoms. The Morgan fingerprint density at radius 1 is 1.08 bits per heavy atom. The zero-order valence-corrected chi connectivity index (χ0v) is 15.4. The maximum Gasteiger partial charge on any atom is 0.258 e. The van der Waals surface area contributed by atoms with Crippen LogP contribution in [-0.4, -0.2) is 12.5 Å². The minimum atomic E-state index is -0.0924. The first kappa shape index (κ1) is 17.5. The molecule has 3 nitrogen and oxygen atoms in total. The zero-order valence-electron chi connectivity index (χ0n) is 15.4. The van der Waals surface area contributed by atoms with E-state index in [0.29, 0.717) is 0 Å². The van der Waals surface area contributed by atoms with Crippen LogP contribution in [0.2, 0.25) is 0 Å². The van der Waals surface area contributed by atoms with Gasteiger partial charge in [0.05, 0.1) is 6.04 Å². The van der Waals surface area contributed by atoms with Crippen molar-refractivity contribution in [1.82, 2.24) is 5.32 Å². The minimum absolute atomic E-state index is 0.0276. The van der Waals surface area contributed by atoms with Crippen LogP contribution < -0.4 is 10.1 Å². The number of fused-ring (bicyclic) bond motifs is 1. The molecular weight excluding hydrogens is 310 g/mol. The molecule has 0 aromatic heterocycles. The Bertz CT molecular complexity index is 767. The van der Waals surface area contributed by atoms with E-state index in [4.69, 9.17) is 4.74 Å². The topological polar surface area (TPSA) is 38.3 Å². The third-order valence-corrected chi connectivity index (χ3v) is 4.96. The Morgan fingerprint density at radius 2 is 1.84 bits per heavy atom. The molecule has 0 spiro atoms. The van der Waals surface area contributed by atoms with E-state index >= 15 is 0 Å². The lowest BCUT2D eigenvalue weighted by Gasteiger charge is -2.18. The summed E-state index contributed by atoms with van der Waals surface area (Å²) in [5.41, 5.74) is 6.37. The monoisotopic (exact) mass is 337 g/mol. The van der Waals surface area contributed by atoms with Crippen LogP contribution in [0.5, 0.6) is 5.75 Å². The summed E-state index contributed by atoms with van der Waals surface area (Å²) in [6, 6.07) is 12.5. The van der Waals surface area contributed by atoms with E-state index in [0.717, 1.165) is 24.2 Å². The Hall–Kier alpha value is -2.29. The minimum Gasteiger partial charge on any atom is -0.484 e. The van der Waals surface area contributed by atoms with Crippen LogP contribution in [0, 0.1) is 13.8 Å². The summed E-state index contributed by atoms with van der Waals surface area (Å²) in [7, 11) is 0. The Kier molecular flexibility index (Phi) is 5.42. The smallest absolute Gasteiger partial charge is 0.258 e. The van der Waals surface area contributed by atoms with E-state index in [1.54, 1.807) is 0 Å². The van der Waals surface area contributed by atoms with Crippen molar-refractivity contribution in [3.63, 3.8) is 0 Å².